The van der Waals surface area contributed by atoms with Crippen molar-refractivity contribution in [3.63, 3.8) is 0 Å². The Labute approximate surface area is 177 Å². The molecule has 7 nitrogen and oxygen atoms in total. The van der Waals surface area contributed by atoms with E-state index in [9.17, 15) is 14.4 Å². The molecule has 3 rings (SSSR count). The number of likely N-dealkylation sites (N-methyl/N-ethyl adjacent to an activating group) is 1. The Morgan fingerprint density at radius 3 is 2.47 bits per heavy atom. The summed E-state index contributed by atoms with van der Waals surface area (Å²) in [6.07, 6.45) is 5.46. The molecule has 0 aliphatic heterocycles. The molecule has 0 radical (unpaired) electrons. The molecule has 0 atom stereocenters. The summed E-state index contributed by atoms with van der Waals surface area (Å²) in [6, 6.07) is 7.09. The lowest BCUT2D eigenvalue weighted by atomic mass is 9.94. The van der Waals surface area contributed by atoms with Gasteiger partial charge >= 0.3 is 5.97 Å². The van der Waals surface area contributed by atoms with Crippen molar-refractivity contribution in [1.29, 1.82) is 0 Å². The highest BCUT2D eigenvalue weighted by atomic mass is 16.5. The van der Waals surface area contributed by atoms with E-state index in [2.05, 4.69) is 5.10 Å². The summed E-state index contributed by atoms with van der Waals surface area (Å²) < 4.78 is 6.67. The van der Waals surface area contributed by atoms with Gasteiger partial charge in [-0.05, 0) is 31.7 Å². The number of fused-ring (bicyclic) bond motifs is 1. The molecule has 7 heteroatoms. The number of carbonyl (C=O) groups is 2. The van der Waals surface area contributed by atoms with Crippen molar-refractivity contribution in [2.45, 2.75) is 65.5 Å². The van der Waals surface area contributed by atoms with Crippen molar-refractivity contribution >= 4 is 22.6 Å². The maximum Gasteiger partial charge on any atom is 0.359 e. The van der Waals surface area contributed by atoms with E-state index in [-0.39, 0.29) is 35.7 Å². The Morgan fingerprint density at radius 1 is 1.17 bits per heavy atom. The van der Waals surface area contributed by atoms with Crippen LogP contribution >= 0.6 is 0 Å². The van der Waals surface area contributed by atoms with Gasteiger partial charge in [0.15, 0.2) is 12.3 Å². The minimum atomic E-state index is -0.684. The molecule has 0 spiro atoms. The van der Waals surface area contributed by atoms with E-state index in [1.807, 2.05) is 25.7 Å². The molecule has 30 heavy (non-hydrogen) atoms. The molecular formula is C23H31N3O4. The summed E-state index contributed by atoms with van der Waals surface area (Å²) in [7, 11) is 0. The molecule has 1 amide bonds. The van der Waals surface area contributed by atoms with Crippen LogP contribution in [-0.4, -0.2) is 45.8 Å². The molecule has 1 heterocycles. The highest BCUT2D eigenvalue weighted by Gasteiger charge is 2.26. The van der Waals surface area contributed by atoms with Gasteiger partial charge in [-0.2, -0.15) is 5.10 Å². The minimum absolute atomic E-state index is 0.0689. The molecule has 1 fully saturated rings. The van der Waals surface area contributed by atoms with Crippen molar-refractivity contribution in [2.75, 3.05) is 13.2 Å². The standard InChI is InChI=1S/C23H31N3O4/c1-4-25(17-10-6-5-7-11-17)20(27)15-30-23(29)21-18-12-8-9-13-19(18)22(28)26(24-21)14-16(2)3/h8-9,12-13,16-17H,4-7,10-11,14-15H2,1-3H3. The van der Waals surface area contributed by atoms with Gasteiger partial charge in [0.25, 0.3) is 11.5 Å². The van der Waals surface area contributed by atoms with Gasteiger partial charge < -0.3 is 9.64 Å². The van der Waals surface area contributed by atoms with E-state index < -0.39 is 5.97 Å². The van der Waals surface area contributed by atoms with Gasteiger partial charge in [0.2, 0.25) is 0 Å². The molecule has 0 bridgehead atoms. The predicted molar refractivity (Wildman–Crippen MR) is 115 cm³/mol. The predicted octanol–water partition coefficient (Wildman–Crippen LogP) is 3.39. The van der Waals surface area contributed by atoms with Crippen LogP contribution in [0.4, 0.5) is 0 Å². The van der Waals surface area contributed by atoms with Gasteiger partial charge in [-0.1, -0.05) is 51.3 Å². The summed E-state index contributed by atoms with van der Waals surface area (Å²) in [4.78, 5) is 40.1. The largest absolute Gasteiger partial charge is 0.451 e. The number of nitrogens with zero attached hydrogens (tertiary/aromatic N) is 3. The summed E-state index contributed by atoms with van der Waals surface area (Å²) in [6.45, 7) is 6.58. The van der Waals surface area contributed by atoms with E-state index in [1.165, 1.54) is 11.1 Å². The molecule has 0 unspecified atom stereocenters. The van der Waals surface area contributed by atoms with Gasteiger partial charge in [-0.15, -0.1) is 0 Å². The van der Waals surface area contributed by atoms with Crippen molar-refractivity contribution in [1.82, 2.24) is 14.7 Å². The second kappa shape index (κ2) is 9.87. The molecule has 2 aromatic rings. The summed E-state index contributed by atoms with van der Waals surface area (Å²) >= 11 is 0. The minimum Gasteiger partial charge on any atom is -0.451 e. The Bertz CT molecular complexity index is 961. The number of amides is 1. The fourth-order valence-corrected chi connectivity index (χ4v) is 4.16. The summed E-state index contributed by atoms with van der Waals surface area (Å²) in [5, 5.41) is 5.14. The average molecular weight is 414 g/mol. The number of rotatable bonds is 7. The van der Waals surface area contributed by atoms with Crippen molar-refractivity contribution in [3.05, 3.63) is 40.3 Å². The van der Waals surface area contributed by atoms with E-state index in [0.29, 0.717) is 23.9 Å². The van der Waals surface area contributed by atoms with Crippen LogP contribution in [0.3, 0.4) is 0 Å². The van der Waals surface area contributed by atoms with Crippen molar-refractivity contribution in [3.8, 4) is 0 Å². The number of hydrogen-bond donors (Lipinski definition) is 0. The first-order chi connectivity index (χ1) is 14.4. The first-order valence-corrected chi connectivity index (χ1v) is 10.9. The fourth-order valence-electron chi connectivity index (χ4n) is 4.16. The van der Waals surface area contributed by atoms with Crippen LogP contribution < -0.4 is 5.56 Å². The van der Waals surface area contributed by atoms with Crippen LogP contribution in [0.5, 0.6) is 0 Å². The molecular weight excluding hydrogens is 382 g/mol. The smallest absolute Gasteiger partial charge is 0.359 e. The third kappa shape index (κ3) is 4.89. The van der Waals surface area contributed by atoms with E-state index >= 15 is 0 Å². The van der Waals surface area contributed by atoms with Crippen LogP contribution in [-0.2, 0) is 16.1 Å². The topological polar surface area (TPSA) is 81.5 Å². The first-order valence-electron chi connectivity index (χ1n) is 10.9. The third-order valence-electron chi connectivity index (χ3n) is 5.60. The van der Waals surface area contributed by atoms with E-state index in [4.69, 9.17) is 4.74 Å². The fraction of sp³-hybridized carbons (Fsp3) is 0.565. The summed E-state index contributed by atoms with van der Waals surface area (Å²) in [5.41, 5.74) is -0.166. The zero-order valence-corrected chi connectivity index (χ0v) is 18.1. The van der Waals surface area contributed by atoms with Crippen LogP contribution in [0.15, 0.2) is 29.1 Å². The lowest BCUT2D eigenvalue weighted by molar-refractivity contribution is -0.137. The molecule has 1 saturated carbocycles. The Kier molecular flexibility index (Phi) is 7.24. The Hall–Kier alpha value is -2.70. The zero-order valence-electron chi connectivity index (χ0n) is 18.1. The maximum atomic E-state index is 12.8. The van der Waals surface area contributed by atoms with Crippen LogP contribution in [0, 0.1) is 5.92 Å². The Balaban J connectivity index is 1.80. The number of esters is 1. The molecule has 162 valence electrons. The highest BCUT2D eigenvalue weighted by molar-refractivity contribution is 6.02. The first kappa shape index (κ1) is 22.0. The second-order valence-electron chi connectivity index (χ2n) is 8.32. The second-order valence-corrected chi connectivity index (χ2v) is 8.32. The summed E-state index contributed by atoms with van der Waals surface area (Å²) in [5.74, 6) is -0.676. The number of aromatic nitrogens is 2. The molecule has 1 aliphatic carbocycles. The third-order valence-corrected chi connectivity index (χ3v) is 5.60. The van der Waals surface area contributed by atoms with Gasteiger partial charge in [0.05, 0.1) is 5.39 Å². The number of benzene rings is 1. The molecule has 1 aromatic heterocycles. The van der Waals surface area contributed by atoms with E-state index in [0.717, 1.165) is 25.7 Å². The normalized spacial score (nSPS) is 14.8. The molecule has 1 aliphatic rings. The molecule has 1 aromatic carbocycles. The van der Waals surface area contributed by atoms with Gasteiger partial charge in [-0.25, -0.2) is 9.48 Å². The van der Waals surface area contributed by atoms with Crippen molar-refractivity contribution < 1.29 is 14.3 Å². The maximum absolute atomic E-state index is 12.8. The SMILES string of the molecule is CCN(C(=O)COC(=O)c1nn(CC(C)C)c(=O)c2ccccc12)C1CCCCC1. The Morgan fingerprint density at radius 2 is 1.83 bits per heavy atom. The van der Waals surface area contributed by atoms with Crippen LogP contribution in [0.25, 0.3) is 10.8 Å². The van der Waals surface area contributed by atoms with Crippen molar-refractivity contribution in [2.24, 2.45) is 5.92 Å². The number of carbonyl (C=O) groups excluding carboxylic acids is 2. The average Bonchev–Trinajstić information content (AvgIpc) is 2.75. The highest BCUT2D eigenvalue weighted by Crippen LogP contribution is 2.22. The number of hydrogen-bond acceptors (Lipinski definition) is 5. The lowest BCUT2D eigenvalue weighted by Gasteiger charge is -2.33. The van der Waals surface area contributed by atoms with Crippen LogP contribution in [0.1, 0.15) is 63.4 Å². The van der Waals surface area contributed by atoms with Crippen LogP contribution in [0.2, 0.25) is 0 Å². The molecule has 0 N–H and O–H groups in total. The zero-order chi connectivity index (χ0) is 21.7. The van der Waals surface area contributed by atoms with Gasteiger partial charge in [-0.3, -0.25) is 9.59 Å². The monoisotopic (exact) mass is 413 g/mol. The molecule has 0 saturated heterocycles. The van der Waals surface area contributed by atoms with Gasteiger partial charge in [0, 0.05) is 24.5 Å². The number of ether oxygens (including phenoxy) is 1. The quantitative estimate of drug-likeness (QED) is 0.650. The van der Waals surface area contributed by atoms with Gasteiger partial charge in [0.1, 0.15) is 0 Å². The van der Waals surface area contributed by atoms with E-state index in [1.54, 1.807) is 24.3 Å². The lowest BCUT2D eigenvalue weighted by Crippen LogP contribution is -2.43.